The largest absolute Gasteiger partial charge is 0.493 e. The fourth-order valence-corrected chi connectivity index (χ4v) is 1.64. The molecule has 0 unspecified atom stereocenters. The van der Waals surface area contributed by atoms with Crippen molar-refractivity contribution < 1.29 is 33.3 Å². The van der Waals surface area contributed by atoms with Gasteiger partial charge in [0.1, 0.15) is 0 Å². The van der Waals surface area contributed by atoms with Crippen LogP contribution in [0, 0.1) is 0 Å². The molecular formula is C14H18N2O7. The number of esters is 1. The van der Waals surface area contributed by atoms with E-state index < -0.39 is 24.5 Å². The van der Waals surface area contributed by atoms with Gasteiger partial charge in [0.25, 0.3) is 5.91 Å². The first-order valence-corrected chi connectivity index (χ1v) is 6.45. The second kappa shape index (κ2) is 8.47. The summed E-state index contributed by atoms with van der Waals surface area (Å²) in [5, 5.41) is 4.16. The van der Waals surface area contributed by atoms with Gasteiger partial charge in [-0.15, -0.1) is 0 Å². The summed E-state index contributed by atoms with van der Waals surface area (Å²) in [4.78, 5) is 34.3. The average Bonchev–Trinajstić information content (AvgIpc) is 2.57. The van der Waals surface area contributed by atoms with Crippen molar-refractivity contribution in [3.63, 3.8) is 0 Å². The lowest BCUT2D eigenvalue weighted by Crippen LogP contribution is -2.39. The van der Waals surface area contributed by atoms with Gasteiger partial charge in [-0.1, -0.05) is 0 Å². The van der Waals surface area contributed by atoms with E-state index in [0.717, 1.165) is 0 Å². The zero-order chi connectivity index (χ0) is 17.4. The topological polar surface area (TPSA) is 112 Å². The van der Waals surface area contributed by atoms with E-state index in [2.05, 4.69) is 5.32 Å². The maximum Gasteiger partial charge on any atom is 0.338 e. The first-order chi connectivity index (χ1) is 11.0. The summed E-state index contributed by atoms with van der Waals surface area (Å²) < 4.78 is 20.2. The summed E-state index contributed by atoms with van der Waals surface area (Å²) in [6.07, 6.45) is 0. The van der Waals surface area contributed by atoms with Crippen molar-refractivity contribution in [2.75, 3.05) is 35.0 Å². The van der Waals surface area contributed by atoms with Crippen molar-refractivity contribution in [1.82, 2.24) is 10.6 Å². The highest BCUT2D eigenvalue weighted by molar-refractivity contribution is 5.97. The van der Waals surface area contributed by atoms with Gasteiger partial charge in [-0.05, 0) is 12.1 Å². The highest BCUT2D eigenvalue weighted by Gasteiger charge is 2.18. The lowest BCUT2D eigenvalue weighted by atomic mass is 10.2. The van der Waals surface area contributed by atoms with E-state index in [-0.39, 0.29) is 17.1 Å². The molecule has 0 spiro atoms. The van der Waals surface area contributed by atoms with E-state index in [1.54, 1.807) is 0 Å². The minimum atomic E-state index is -0.781. The van der Waals surface area contributed by atoms with Crippen LogP contribution in [-0.4, -0.2) is 52.9 Å². The zero-order valence-corrected chi connectivity index (χ0v) is 13.2. The third kappa shape index (κ3) is 4.77. The Morgan fingerprint density at radius 3 is 2.00 bits per heavy atom. The molecule has 0 aromatic heterocycles. The number of nitrogens with one attached hydrogen (secondary N) is 2. The molecule has 3 amide bonds. The van der Waals surface area contributed by atoms with Crippen LogP contribution in [-0.2, 0) is 9.53 Å². The second-order valence-corrected chi connectivity index (χ2v) is 4.12. The predicted octanol–water partition coefficient (Wildman–Crippen LogP) is 0.325. The molecule has 1 aromatic carbocycles. The lowest BCUT2D eigenvalue weighted by Gasteiger charge is -2.13. The number of hydrogen-bond acceptors (Lipinski definition) is 7. The molecule has 0 atom stereocenters. The summed E-state index contributed by atoms with van der Waals surface area (Å²) in [5.41, 5.74) is 0.104. The highest BCUT2D eigenvalue weighted by Crippen LogP contribution is 2.38. The van der Waals surface area contributed by atoms with E-state index in [1.807, 2.05) is 5.32 Å². The summed E-state index contributed by atoms with van der Waals surface area (Å²) in [7, 11) is 5.60. The van der Waals surface area contributed by atoms with Crippen LogP contribution < -0.4 is 24.8 Å². The van der Waals surface area contributed by atoms with Gasteiger partial charge in [-0.25, -0.2) is 9.59 Å². The van der Waals surface area contributed by atoms with Gasteiger partial charge < -0.3 is 24.3 Å². The molecular weight excluding hydrogens is 308 g/mol. The van der Waals surface area contributed by atoms with Crippen LogP contribution >= 0.6 is 0 Å². The molecule has 0 radical (unpaired) electrons. The fraction of sp³-hybridized carbons (Fsp3) is 0.357. The van der Waals surface area contributed by atoms with Crippen LogP contribution in [0.25, 0.3) is 0 Å². The number of benzene rings is 1. The van der Waals surface area contributed by atoms with Crippen molar-refractivity contribution in [3.05, 3.63) is 17.7 Å². The fourth-order valence-electron chi connectivity index (χ4n) is 1.64. The van der Waals surface area contributed by atoms with Crippen LogP contribution in [0.2, 0.25) is 0 Å². The van der Waals surface area contributed by atoms with Gasteiger partial charge in [0.2, 0.25) is 5.75 Å². The molecule has 0 heterocycles. The molecule has 126 valence electrons. The summed E-state index contributed by atoms with van der Waals surface area (Å²) in [5.74, 6) is -0.674. The lowest BCUT2D eigenvalue weighted by molar-refractivity contribution is -0.123. The van der Waals surface area contributed by atoms with Crippen LogP contribution in [0.5, 0.6) is 17.2 Å². The smallest absolute Gasteiger partial charge is 0.338 e. The van der Waals surface area contributed by atoms with E-state index in [9.17, 15) is 14.4 Å². The van der Waals surface area contributed by atoms with E-state index >= 15 is 0 Å². The quantitative estimate of drug-likeness (QED) is 0.724. The Morgan fingerprint density at radius 2 is 1.57 bits per heavy atom. The molecule has 0 bridgehead atoms. The van der Waals surface area contributed by atoms with E-state index in [4.69, 9.17) is 18.9 Å². The molecule has 0 aliphatic carbocycles. The molecule has 1 aromatic rings. The minimum absolute atomic E-state index is 0.104. The number of imide groups is 1. The van der Waals surface area contributed by atoms with Gasteiger partial charge in [0, 0.05) is 7.05 Å². The molecule has 0 saturated heterocycles. The summed E-state index contributed by atoms with van der Waals surface area (Å²) >= 11 is 0. The molecule has 2 N–H and O–H groups in total. The number of carbonyl (C=O) groups is 3. The normalized spacial score (nSPS) is 9.57. The van der Waals surface area contributed by atoms with Gasteiger partial charge in [-0.3, -0.25) is 10.1 Å². The second-order valence-electron chi connectivity index (χ2n) is 4.12. The monoisotopic (exact) mass is 326 g/mol. The Balaban J connectivity index is 2.84. The maximum atomic E-state index is 12.0. The number of urea groups is 1. The Kier molecular flexibility index (Phi) is 6.66. The van der Waals surface area contributed by atoms with Crippen LogP contribution in [0.15, 0.2) is 12.1 Å². The number of methoxy groups -OCH3 is 3. The molecule has 1 rings (SSSR count). The number of ether oxygens (including phenoxy) is 4. The number of hydrogen-bond donors (Lipinski definition) is 2. The summed E-state index contributed by atoms with van der Waals surface area (Å²) in [6.45, 7) is -0.608. The molecule has 0 saturated carbocycles. The number of carbonyl (C=O) groups excluding carboxylic acids is 3. The third-order valence-corrected chi connectivity index (χ3v) is 2.71. The molecule has 9 nitrogen and oxygen atoms in total. The predicted molar refractivity (Wildman–Crippen MR) is 79.0 cm³/mol. The molecule has 0 aliphatic heterocycles. The van der Waals surface area contributed by atoms with Crippen molar-refractivity contribution in [2.45, 2.75) is 0 Å². The molecule has 23 heavy (non-hydrogen) atoms. The van der Waals surface area contributed by atoms with Crippen molar-refractivity contribution in [2.24, 2.45) is 0 Å². The Labute approximate surface area is 132 Å². The first kappa shape index (κ1) is 18.1. The van der Waals surface area contributed by atoms with Gasteiger partial charge in [-0.2, -0.15) is 0 Å². The van der Waals surface area contributed by atoms with E-state index in [0.29, 0.717) is 5.75 Å². The molecule has 0 aliphatic rings. The minimum Gasteiger partial charge on any atom is -0.493 e. The van der Waals surface area contributed by atoms with Crippen LogP contribution in [0.4, 0.5) is 4.79 Å². The Morgan fingerprint density at radius 1 is 1.00 bits per heavy atom. The molecule has 0 fully saturated rings. The van der Waals surface area contributed by atoms with Crippen LogP contribution in [0.3, 0.4) is 0 Å². The number of rotatable bonds is 6. The third-order valence-electron chi connectivity index (χ3n) is 2.71. The Hall–Kier alpha value is -2.97. The van der Waals surface area contributed by atoms with Crippen molar-refractivity contribution in [3.8, 4) is 17.2 Å². The van der Waals surface area contributed by atoms with Gasteiger partial charge >= 0.3 is 12.0 Å². The highest BCUT2D eigenvalue weighted by atomic mass is 16.5. The summed E-state index contributed by atoms with van der Waals surface area (Å²) in [6, 6.07) is 2.08. The van der Waals surface area contributed by atoms with E-state index in [1.165, 1.54) is 40.5 Å². The SMILES string of the molecule is CNC(=O)NC(=O)COC(=O)c1cc(OC)c(OC)c(OC)c1. The number of amides is 3. The standard InChI is InChI=1S/C14H18N2O7/c1-15-14(19)16-11(17)7-23-13(18)8-5-9(20-2)12(22-4)10(6-8)21-3/h5-6H,7H2,1-4H3,(H2,15,16,17,19). The zero-order valence-electron chi connectivity index (χ0n) is 13.2. The van der Waals surface area contributed by atoms with Crippen molar-refractivity contribution in [1.29, 1.82) is 0 Å². The molecule has 9 heteroatoms. The van der Waals surface area contributed by atoms with Crippen molar-refractivity contribution >= 4 is 17.9 Å². The van der Waals surface area contributed by atoms with Crippen LogP contribution in [0.1, 0.15) is 10.4 Å². The first-order valence-electron chi connectivity index (χ1n) is 6.45. The van der Waals surface area contributed by atoms with Gasteiger partial charge in [0.05, 0.1) is 26.9 Å². The van der Waals surface area contributed by atoms with Gasteiger partial charge in [0.15, 0.2) is 18.1 Å². The maximum absolute atomic E-state index is 12.0. The average molecular weight is 326 g/mol. The Bertz CT molecular complexity index is 576.